The molecule has 1 aliphatic heterocycles. The Kier molecular flexibility index (Phi) is 5.76. The monoisotopic (exact) mass is 360 g/mol. The second-order valence-corrected chi connectivity index (χ2v) is 6.64. The first-order chi connectivity index (χ1) is 12.1. The van der Waals surface area contributed by atoms with Crippen LogP contribution in [0.25, 0.3) is 0 Å². The number of aromatic nitrogens is 1. The molecule has 2 aromatic rings. The van der Waals surface area contributed by atoms with Crippen molar-refractivity contribution in [1.29, 1.82) is 0 Å². The Bertz CT molecular complexity index is 795. The molecule has 0 saturated carbocycles. The maximum Gasteiger partial charge on any atom is 0.270 e. The van der Waals surface area contributed by atoms with Crippen LogP contribution in [-0.2, 0) is 6.61 Å². The molecule has 1 aliphatic rings. The maximum absolute atomic E-state index is 12.5. The molecule has 5 nitrogen and oxygen atoms in total. The molecule has 0 radical (unpaired) electrons. The highest BCUT2D eigenvalue weighted by Gasteiger charge is 2.18. The molecular weight excluding hydrogens is 340 g/mol. The number of benzene rings is 1. The van der Waals surface area contributed by atoms with Crippen LogP contribution in [0.15, 0.2) is 41.3 Å². The third-order valence-corrected chi connectivity index (χ3v) is 4.52. The number of halogens is 1. The van der Waals surface area contributed by atoms with E-state index in [1.165, 1.54) is 12.3 Å². The molecule has 1 amide bonds. The first-order valence-electron chi connectivity index (χ1n) is 8.53. The zero-order chi connectivity index (χ0) is 17.6. The molecule has 25 heavy (non-hydrogen) atoms. The largest absolute Gasteiger partial charge is 0.483 e. The first kappa shape index (κ1) is 17.5. The summed E-state index contributed by atoms with van der Waals surface area (Å²) >= 11 is 5.93. The number of hydrogen-bond acceptors (Lipinski definition) is 3. The van der Waals surface area contributed by atoms with Crippen LogP contribution < -0.4 is 10.2 Å². The number of aromatic amines is 1. The minimum absolute atomic E-state index is 0.125. The summed E-state index contributed by atoms with van der Waals surface area (Å²) in [5, 5.41) is 0.619. The van der Waals surface area contributed by atoms with Crippen LogP contribution in [0.1, 0.15) is 41.7 Å². The third-order valence-electron chi connectivity index (χ3n) is 4.28. The first-order valence-corrected chi connectivity index (χ1v) is 8.90. The maximum atomic E-state index is 12.5. The van der Waals surface area contributed by atoms with Gasteiger partial charge in [0.1, 0.15) is 12.3 Å². The van der Waals surface area contributed by atoms with Gasteiger partial charge >= 0.3 is 0 Å². The van der Waals surface area contributed by atoms with E-state index in [0.717, 1.165) is 44.3 Å². The van der Waals surface area contributed by atoms with Crippen molar-refractivity contribution in [3.63, 3.8) is 0 Å². The quantitative estimate of drug-likeness (QED) is 0.905. The number of ether oxygens (including phenoxy) is 1. The lowest BCUT2D eigenvalue weighted by atomic mass is 10.2. The summed E-state index contributed by atoms with van der Waals surface area (Å²) in [6.07, 6.45) is 5.78. The fraction of sp³-hybridized carbons (Fsp3) is 0.368. The molecule has 132 valence electrons. The van der Waals surface area contributed by atoms with E-state index < -0.39 is 0 Å². The van der Waals surface area contributed by atoms with Crippen LogP contribution in [-0.4, -0.2) is 28.9 Å². The number of amides is 1. The lowest BCUT2D eigenvalue weighted by molar-refractivity contribution is 0.0755. The highest BCUT2D eigenvalue weighted by atomic mass is 35.5. The highest BCUT2D eigenvalue weighted by molar-refractivity contribution is 6.30. The summed E-state index contributed by atoms with van der Waals surface area (Å²) < 4.78 is 5.55. The van der Waals surface area contributed by atoms with Gasteiger partial charge in [-0.3, -0.25) is 9.59 Å². The van der Waals surface area contributed by atoms with Crippen LogP contribution in [0.4, 0.5) is 0 Å². The molecule has 0 bridgehead atoms. The van der Waals surface area contributed by atoms with Crippen molar-refractivity contribution in [3.8, 4) is 5.75 Å². The predicted molar refractivity (Wildman–Crippen MR) is 97.2 cm³/mol. The van der Waals surface area contributed by atoms with Gasteiger partial charge in [-0.2, -0.15) is 0 Å². The summed E-state index contributed by atoms with van der Waals surface area (Å²) in [5.74, 6) is 0.0628. The summed E-state index contributed by atoms with van der Waals surface area (Å²) in [6.45, 7) is 1.73. The SMILES string of the molecule is O=C(c1cc(=O)c(OCc2cccc(Cl)c2)c[nH]1)N1CCCCCC1. The Morgan fingerprint density at radius 3 is 2.60 bits per heavy atom. The molecule has 3 rings (SSSR count). The Morgan fingerprint density at radius 1 is 1.16 bits per heavy atom. The van der Waals surface area contributed by atoms with Crippen LogP contribution in [0.3, 0.4) is 0 Å². The van der Waals surface area contributed by atoms with Crippen molar-refractivity contribution < 1.29 is 9.53 Å². The average Bonchev–Trinajstić information content (AvgIpc) is 2.89. The highest BCUT2D eigenvalue weighted by Crippen LogP contribution is 2.14. The van der Waals surface area contributed by atoms with Crippen molar-refractivity contribution in [2.75, 3.05) is 13.1 Å². The number of carbonyl (C=O) groups is 1. The zero-order valence-electron chi connectivity index (χ0n) is 14.0. The average molecular weight is 361 g/mol. The number of carbonyl (C=O) groups excluding carboxylic acids is 1. The number of likely N-dealkylation sites (tertiary alicyclic amines) is 1. The van der Waals surface area contributed by atoms with Crippen molar-refractivity contribution in [2.24, 2.45) is 0 Å². The van der Waals surface area contributed by atoms with E-state index in [-0.39, 0.29) is 23.7 Å². The van der Waals surface area contributed by atoms with Gasteiger partial charge in [0.25, 0.3) is 5.91 Å². The van der Waals surface area contributed by atoms with E-state index in [9.17, 15) is 9.59 Å². The predicted octanol–water partition coefficient (Wildman–Crippen LogP) is 3.62. The number of hydrogen-bond donors (Lipinski definition) is 1. The second kappa shape index (κ2) is 8.21. The van der Waals surface area contributed by atoms with Crippen LogP contribution in [0.2, 0.25) is 5.02 Å². The summed E-state index contributed by atoms with van der Waals surface area (Å²) in [6, 6.07) is 8.58. The van der Waals surface area contributed by atoms with Crippen molar-refractivity contribution in [3.05, 3.63) is 63.0 Å². The van der Waals surface area contributed by atoms with Crippen molar-refractivity contribution >= 4 is 17.5 Å². The second-order valence-electron chi connectivity index (χ2n) is 6.20. The number of nitrogens with zero attached hydrogens (tertiary/aromatic N) is 1. The van der Waals surface area contributed by atoms with Crippen molar-refractivity contribution in [2.45, 2.75) is 32.3 Å². The van der Waals surface area contributed by atoms with E-state index in [4.69, 9.17) is 16.3 Å². The van der Waals surface area contributed by atoms with Gasteiger partial charge in [0.2, 0.25) is 5.43 Å². The number of nitrogens with one attached hydrogen (secondary N) is 1. The number of rotatable bonds is 4. The molecule has 2 heterocycles. The van der Waals surface area contributed by atoms with Gasteiger partial charge in [0, 0.05) is 30.4 Å². The lowest BCUT2D eigenvalue weighted by Gasteiger charge is -2.20. The molecule has 0 unspecified atom stereocenters. The Hall–Kier alpha value is -2.27. The molecule has 1 aromatic carbocycles. The molecule has 1 N–H and O–H groups in total. The number of pyridine rings is 1. The van der Waals surface area contributed by atoms with E-state index in [0.29, 0.717) is 10.7 Å². The number of H-pyrrole nitrogens is 1. The van der Waals surface area contributed by atoms with Crippen LogP contribution in [0.5, 0.6) is 5.75 Å². The zero-order valence-corrected chi connectivity index (χ0v) is 14.7. The molecular formula is C19H21ClN2O3. The normalized spacial score (nSPS) is 14.8. The standard InChI is InChI=1S/C19H21ClN2O3/c20-15-7-5-6-14(10-15)13-25-18-12-21-16(11-17(18)23)19(24)22-8-3-1-2-4-9-22/h5-7,10-12H,1-4,8-9,13H2,(H,21,23). The fourth-order valence-electron chi connectivity index (χ4n) is 2.93. The van der Waals surface area contributed by atoms with E-state index >= 15 is 0 Å². The Labute approximate surface area is 151 Å². The molecule has 1 fully saturated rings. The van der Waals surface area contributed by atoms with Crippen molar-refractivity contribution in [1.82, 2.24) is 9.88 Å². The molecule has 1 saturated heterocycles. The minimum atomic E-state index is -0.307. The van der Waals surface area contributed by atoms with Gasteiger partial charge in [-0.05, 0) is 30.5 Å². The van der Waals surface area contributed by atoms with Crippen LogP contribution in [0, 0.1) is 0 Å². The molecule has 0 aliphatic carbocycles. The van der Waals surface area contributed by atoms with Gasteiger partial charge in [0.05, 0.1) is 0 Å². The molecule has 0 atom stereocenters. The van der Waals surface area contributed by atoms with Gasteiger partial charge in [-0.15, -0.1) is 0 Å². The van der Waals surface area contributed by atoms with E-state index in [1.807, 2.05) is 17.0 Å². The fourth-order valence-corrected chi connectivity index (χ4v) is 3.14. The lowest BCUT2D eigenvalue weighted by Crippen LogP contribution is -2.33. The van der Waals surface area contributed by atoms with Gasteiger partial charge in [0.15, 0.2) is 5.75 Å². The summed E-state index contributed by atoms with van der Waals surface area (Å²) in [4.78, 5) is 29.5. The topological polar surface area (TPSA) is 62.4 Å². The molecule has 1 aromatic heterocycles. The summed E-state index contributed by atoms with van der Waals surface area (Å²) in [7, 11) is 0. The van der Waals surface area contributed by atoms with Gasteiger partial charge < -0.3 is 14.6 Å². The summed E-state index contributed by atoms with van der Waals surface area (Å²) in [5.41, 5.74) is 0.873. The Balaban J connectivity index is 1.67. The van der Waals surface area contributed by atoms with Crippen LogP contribution >= 0.6 is 11.6 Å². The molecule has 6 heteroatoms. The van der Waals surface area contributed by atoms with E-state index in [2.05, 4.69) is 4.98 Å². The van der Waals surface area contributed by atoms with Gasteiger partial charge in [-0.25, -0.2) is 0 Å². The Morgan fingerprint density at radius 2 is 1.92 bits per heavy atom. The smallest absolute Gasteiger partial charge is 0.270 e. The van der Waals surface area contributed by atoms with E-state index in [1.54, 1.807) is 12.1 Å². The van der Waals surface area contributed by atoms with Gasteiger partial charge in [-0.1, -0.05) is 36.6 Å². The third kappa shape index (κ3) is 4.63. The molecule has 0 spiro atoms. The minimum Gasteiger partial charge on any atom is -0.483 e.